The van der Waals surface area contributed by atoms with Gasteiger partial charge in [-0.15, -0.1) is 0 Å². The van der Waals surface area contributed by atoms with Gasteiger partial charge in [-0.2, -0.15) is 5.26 Å². The summed E-state index contributed by atoms with van der Waals surface area (Å²) in [6.45, 7) is 0. The first-order valence-corrected chi connectivity index (χ1v) is 4.55. The van der Waals surface area contributed by atoms with Gasteiger partial charge in [0.1, 0.15) is 0 Å². The first-order valence-electron chi connectivity index (χ1n) is 4.55. The Morgan fingerprint density at radius 1 is 1.29 bits per heavy atom. The van der Waals surface area contributed by atoms with Gasteiger partial charge in [-0.25, -0.2) is 8.78 Å². The second-order valence-electron chi connectivity index (χ2n) is 3.65. The molecule has 1 saturated carbocycles. The van der Waals surface area contributed by atoms with Crippen LogP contribution >= 0.6 is 0 Å². The van der Waals surface area contributed by atoms with Crippen LogP contribution in [0.25, 0.3) is 0 Å². The maximum Gasteiger partial charge on any atom is 0.163 e. The van der Waals surface area contributed by atoms with E-state index in [0.717, 1.165) is 12.5 Å². The van der Waals surface area contributed by atoms with Crippen LogP contribution in [0, 0.1) is 23.0 Å². The molecule has 1 aliphatic rings. The Bertz CT molecular complexity index is 402. The second kappa shape index (κ2) is 3.06. The van der Waals surface area contributed by atoms with Crippen molar-refractivity contribution in [2.45, 2.75) is 24.7 Å². The fraction of sp³-hybridized carbons (Fsp3) is 0.364. The normalized spacial score (nSPS) is 18.4. The van der Waals surface area contributed by atoms with Crippen molar-refractivity contribution in [3.05, 3.63) is 35.4 Å². The lowest BCUT2D eigenvalue weighted by Gasteiger charge is -2.35. The van der Waals surface area contributed by atoms with Crippen LogP contribution in [-0.4, -0.2) is 0 Å². The van der Waals surface area contributed by atoms with Gasteiger partial charge >= 0.3 is 0 Å². The summed E-state index contributed by atoms with van der Waals surface area (Å²) in [5.74, 6) is -1.74. The number of benzene rings is 1. The van der Waals surface area contributed by atoms with Crippen LogP contribution in [0.2, 0.25) is 0 Å². The van der Waals surface area contributed by atoms with Gasteiger partial charge in [-0.1, -0.05) is 12.1 Å². The number of rotatable bonds is 1. The van der Waals surface area contributed by atoms with Crippen LogP contribution < -0.4 is 0 Å². The molecule has 0 aliphatic heterocycles. The largest absolute Gasteiger partial charge is 0.204 e. The smallest absolute Gasteiger partial charge is 0.163 e. The van der Waals surface area contributed by atoms with Crippen molar-refractivity contribution in [1.29, 1.82) is 5.26 Å². The molecule has 3 heteroatoms. The Kier molecular flexibility index (Phi) is 1.99. The van der Waals surface area contributed by atoms with Crippen LogP contribution in [0.3, 0.4) is 0 Å². The predicted octanol–water partition coefficient (Wildman–Crippen LogP) is 2.91. The number of halogens is 2. The molecule has 14 heavy (non-hydrogen) atoms. The number of hydrogen-bond acceptors (Lipinski definition) is 1. The highest BCUT2D eigenvalue weighted by atomic mass is 19.2. The minimum absolute atomic E-state index is 0.214. The molecular weight excluding hydrogens is 184 g/mol. The van der Waals surface area contributed by atoms with E-state index in [0.29, 0.717) is 12.8 Å². The van der Waals surface area contributed by atoms with Gasteiger partial charge in [0.05, 0.1) is 11.5 Å². The van der Waals surface area contributed by atoms with E-state index in [-0.39, 0.29) is 5.56 Å². The van der Waals surface area contributed by atoms with E-state index in [2.05, 4.69) is 6.07 Å². The third-order valence-corrected chi connectivity index (χ3v) is 2.89. The first kappa shape index (κ1) is 9.14. The summed E-state index contributed by atoms with van der Waals surface area (Å²) in [4.78, 5) is 0. The van der Waals surface area contributed by atoms with E-state index in [1.54, 1.807) is 0 Å². The number of hydrogen-bond donors (Lipinski definition) is 0. The highest BCUT2D eigenvalue weighted by Gasteiger charge is 2.41. The molecule has 0 aromatic heterocycles. The quantitative estimate of drug-likeness (QED) is 0.672. The number of nitriles is 1. The molecule has 0 amide bonds. The highest BCUT2D eigenvalue weighted by molar-refractivity contribution is 5.36. The van der Waals surface area contributed by atoms with Crippen molar-refractivity contribution in [2.24, 2.45) is 0 Å². The second-order valence-corrected chi connectivity index (χ2v) is 3.65. The van der Waals surface area contributed by atoms with Crippen LogP contribution in [0.1, 0.15) is 24.8 Å². The van der Waals surface area contributed by atoms with Crippen LogP contribution in [0.15, 0.2) is 18.2 Å². The fourth-order valence-electron chi connectivity index (χ4n) is 1.85. The standard InChI is InChI=1S/C11H9F2N/c12-9-4-1-3-8(10(9)13)11(7-14)5-2-6-11/h1,3-4H,2,5-6H2. The van der Waals surface area contributed by atoms with Gasteiger partial charge in [0.2, 0.25) is 0 Å². The Balaban J connectivity index is 2.51. The zero-order valence-electron chi connectivity index (χ0n) is 7.56. The van der Waals surface area contributed by atoms with Gasteiger partial charge < -0.3 is 0 Å². The topological polar surface area (TPSA) is 23.8 Å². The maximum absolute atomic E-state index is 13.4. The molecule has 0 spiro atoms. The van der Waals surface area contributed by atoms with Crippen molar-refractivity contribution >= 4 is 0 Å². The van der Waals surface area contributed by atoms with Crippen molar-refractivity contribution in [3.63, 3.8) is 0 Å². The van der Waals surface area contributed by atoms with Crippen molar-refractivity contribution < 1.29 is 8.78 Å². The zero-order valence-corrected chi connectivity index (χ0v) is 7.56. The minimum Gasteiger partial charge on any atom is -0.204 e. The van der Waals surface area contributed by atoms with Gasteiger partial charge in [0.25, 0.3) is 0 Å². The Labute approximate surface area is 81.0 Å². The van der Waals surface area contributed by atoms with Crippen LogP contribution in [0.4, 0.5) is 8.78 Å². The summed E-state index contributed by atoms with van der Waals surface area (Å²) in [5.41, 5.74) is -0.558. The summed E-state index contributed by atoms with van der Waals surface area (Å²) < 4.78 is 26.3. The number of nitrogens with zero attached hydrogens (tertiary/aromatic N) is 1. The van der Waals surface area contributed by atoms with Crippen LogP contribution in [-0.2, 0) is 5.41 Å². The Morgan fingerprint density at radius 2 is 2.00 bits per heavy atom. The average molecular weight is 193 g/mol. The van der Waals surface area contributed by atoms with E-state index in [1.165, 1.54) is 12.1 Å². The van der Waals surface area contributed by atoms with Crippen molar-refractivity contribution in [3.8, 4) is 6.07 Å². The van der Waals surface area contributed by atoms with Crippen LogP contribution in [0.5, 0.6) is 0 Å². The first-order chi connectivity index (χ1) is 6.69. The molecule has 0 N–H and O–H groups in total. The molecule has 2 rings (SSSR count). The third kappa shape index (κ3) is 1.11. The molecule has 0 heterocycles. The monoisotopic (exact) mass is 193 g/mol. The molecule has 1 aromatic carbocycles. The summed E-state index contributed by atoms with van der Waals surface area (Å²) in [5, 5.41) is 8.97. The summed E-state index contributed by atoms with van der Waals surface area (Å²) in [6, 6.07) is 6.11. The maximum atomic E-state index is 13.4. The lowest BCUT2D eigenvalue weighted by Crippen LogP contribution is -2.33. The SMILES string of the molecule is N#CC1(c2cccc(F)c2F)CCC1. The Hall–Kier alpha value is -1.43. The van der Waals surface area contributed by atoms with Gasteiger partial charge in [-0.3, -0.25) is 0 Å². The van der Waals surface area contributed by atoms with Gasteiger partial charge in [0.15, 0.2) is 11.6 Å². The molecule has 1 nitrogen and oxygen atoms in total. The summed E-state index contributed by atoms with van der Waals surface area (Å²) in [7, 11) is 0. The average Bonchev–Trinajstić information content (AvgIpc) is 2.11. The van der Waals surface area contributed by atoms with E-state index in [9.17, 15) is 8.78 Å². The molecule has 1 fully saturated rings. The van der Waals surface area contributed by atoms with E-state index >= 15 is 0 Å². The highest BCUT2D eigenvalue weighted by Crippen LogP contribution is 2.44. The summed E-state index contributed by atoms with van der Waals surface area (Å²) >= 11 is 0. The van der Waals surface area contributed by atoms with E-state index in [1.807, 2.05) is 0 Å². The summed E-state index contributed by atoms with van der Waals surface area (Å²) in [6.07, 6.45) is 2.16. The van der Waals surface area contributed by atoms with E-state index in [4.69, 9.17) is 5.26 Å². The fourth-order valence-corrected chi connectivity index (χ4v) is 1.85. The molecule has 0 unspecified atom stereocenters. The molecule has 72 valence electrons. The molecule has 1 aromatic rings. The molecular formula is C11H9F2N. The Morgan fingerprint density at radius 3 is 2.50 bits per heavy atom. The van der Waals surface area contributed by atoms with Crippen molar-refractivity contribution in [2.75, 3.05) is 0 Å². The zero-order chi connectivity index (χ0) is 10.2. The lowest BCUT2D eigenvalue weighted by atomic mass is 9.65. The predicted molar refractivity (Wildman–Crippen MR) is 47.5 cm³/mol. The van der Waals surface area contributed by atoms with Gasteiger partial charge in [-0.05, 0) is 25.3 Å². The molecule has 0 saturated heterocycles. The molecule has 0 atom stereocenters. The molecule has 0 bridgehead atoms. The third-order valence-electron chi connectivity index (χ3n) is 2.89. The van der Waals surface area contributed by atoms with E-state index < -0.39 is 17.0 Å². The molecule has 1 aliphatic carbocycles. The molecule has 0 radical (unpaired) electrons. The van der Waals surface area contributed by atoms with Gasteiger partial charge in [0, 0.05) is 5.56 Å². The lowest BCUT2D eigenvalue weighted by molar-refractivity contribution is 0.308. The minimum atomic E-state index is -0.871. The van der Waals surface area contributed by atoms with Crippen molar-refractivity contribution in [1.82, 2.24) is 0 Å².